The maximum absolute atomic E-state index is 12.7. The summed E-state index contributed by atoms with van der Waals surface area (Å²) in [7, 11) is 1.29. The number of fused-ring (bicyclic) bond motifs is 1. The molecule has 3 aromatic carbocycles. The Morgan fingerprint density at radius 2 is 1.52 bits per heavy atom. The molecule has 0 aliphatic carbocycles. The number of esters is 2. The van der Waals surface area contributed by atoms with Gasteiger partial charge in [0.05, 0.1) is 19.1 Å². The van der Waals surface area contributed by atoms with Crippen LogP contribution in [-0.4, -0.2) is 36.6 Å². The number of benzene rings is 3. The molecule has 0 aliphatic heterocycles. The van der Waals surface area contributed by atoms with Crippen LogP contribution in [0.15, 0.2) is 66.7 Å². The Morgan fingerprint density at radius 3 is 2.15 bits per heavy atom. The Labute approximate surface area is 193 Å². The molecule has 1 amide bonds. The predicted molar refractivity (Wildman–Crippen MR) is 127 cm³/mol. The third-order valence-electron chi connectivity index (χ3n) is 5.03. The average molecular weight is 448 g/mol. The standard InChI is InChI=1S/C27H29NO5/c1-27(2,3)33-25(30)21-13-9-18(10-14-21)16-23(26(31)32-4)28-24(29)17-19-11-12-20-7-5-6-8-22(20)15-19/h5-15,23H,16-17H2,1-4H3,(H,28,29)/t23-/m0/s1. The molecule has 0 spiro atoms. The molecule has 1 N–H and O–H groups in total. The van der Waals surface area contributed by atoms with Crippen LogP contribution in [0, 0.1) is 0 Å². The first-order chi connectivity index (χ1) is 15.6. The fourth-order valence-electron chi connectivity index (χ4n) is 3.46. The van der Waals surface area contributed by atoms with Gasteiger partial charge in [-0.05, 0) is 54.8 Å². The highest BCUT2D eigenvalue weighted by Gasteiger charge is 2.23. The molecule has 172 valence electrons. The van der Waals surface area contributed by atoms with Crippen LogP contribution in [0.25, 0.3) is 10.8 Å². The molecule has 33 heavy (non-hydrogen) atoms. The van der Waals surface area contributed by atoms with Crippen LogP contribution < -0.4 is 5.32 Å². The minimum atomic E-state index is -0.838. The Kier molecular flexibility index (Phi) is 7.48. The third kappa shape index (κ3) is 6.91. The lowest BCUT2D eigenvalue weighted by molar-refractivity contribution is -0.145. The molecule has 0 radical (unpaired) electrons. The fraction of sp³-hybridized carbons (Fsp3) is 0.296. The SMILES string of the molecule is COC(=O)[C@H](Cc1ccc(C(=O)OC(C)(C)C)cc1)NC(=O)Cc1ccc2ccccc2c1. The summed E-state index contributed by atoms with van der Waals surface area (Å²) in [4.78, 5) is 37.2. The van der Waals surface area contributed by atoms with Crippen LogP contribution in [0.1, 0.15) is 42.3 Å². The first-order valence-electron chi connectivity index (χ1n) is 10.8. The van der Waals surface area contributed by atoms with Crippen molar-refractivity contribution in [2.24, 2.45) is 0 Å². The molecule has 1 atom stereocenters. The van der Waals surface area contributed by atoms with E-state index in [9.17, 15) is 14.4 Å². The number of hydrogen-bond acceptors (Lipinski definition) is 5. The molecule has 0 saturated heterocycles. The zero-order valence-electron chi connectivity index (χ0n) is 19.4. The number of methoxy groups -OCH3 is 1. The Morgan fingerprint density at radius 1 is 0.879 bits per heavy atom. The van der Waals surface area contributed by atoms with Gasteiger partial charge in [-0.3, -0.25) is 4.79 Å². The highest BCUT2D eigenvalue weighted by Crippen LogP contribution is 2.17. The van der Waals surface area contributed by atoms with E-state index in [0.29, 0.717) is 5.56 Å². The summed E-state index contributed by atoms with van der Waals surface area (Å²) in [5, 5.41) is 4.93. The lowest BCUT2D eigenvalue weighted by Crippen LogP contribution is -2.43. The van der Waals surface area contributed by atoms with Crippen molar-refractivity contribution in [1.82, 2.24) is 5.32 Å². The van der Waals surface area contributed by atoms with Crippen molar-refractivity contribution in [2.45, 2.75) is 45.3 Å². The van der Waals surface area contributed by atoms with E-state index in [4.69, 9.17) is 9.47 Å². The number of nitrogens with one attached hydrogen (secondary N) is 1. The van der Waals surface area contributed by atoms with Crippen molar-refractivity contribution in [1.29, 1.82) is 0 Å². The number of hydrogen-bond donors (Lipinski definition) is 1. The van der Waals surface area contributed by atoms with Gasteiger partial charge in [-0.25, -0.2) is 9.59 Å². The highest BCUT2D eigenvalue weighted by atomic mass is 16.6. The summed E-state index contributed by atoms with van der Waals surface area (Å²) in [5.74, 6) is -1.22. The minimum absolute atomic E-state index is 0.149. The lowest BCUT2D eigenvalue weighted by Gasteiger charge is -2.20. The molecule has 0 bridgehead atoms. The summed E-state index contributed by atoms with van der Waals surface area (Å²) < 4.78 is 10.2. The van der Waals surface area contributed by atoms with Gasteiger partial charge in [-0.15, -0.1) is 0 Å². The smallest absolute Gasteiger partial charge is 0.338 e. The molecule has 3 aromatic rings. The number of carbonyl (C=O) groups excluding carboxylic acids is 3. The Bertz CT molecular complexity index is 1150. The summed E-state index contributed by atoms with van der Waals surface area (Å²) in [6, 6.07) is 19.7. The monoisotopic (exact) mass is 447 g/mol. The predicted octanol–water partition coefficient (Wildman–Crippen LogP) is 4.24. The van der Waals surface area contributed by atoms with Crippen molar-refractivity contribution < 1.29 is 23.9 Å². The molecule has 0 fully saturated rings. The number of rotatable bonds is 7. The average Bonchev–Trinajstić information content (AvgIpc) is 2.77. The molecule has 0 saturated carbocycles. The molecule has 6 nitrogen and oxygen atoms in total. The van der Waals surface area contributed by atoms with Gasteiger partial charge >= 0.3 is 11.9 Å². The van der Waals surface area contributed by atoms with Crippen LogP contribution in [-0.2, 0) is 31.9 Å². The van der Waals surface area contributed by atoms with Crippen LogP contribution >= 0.6 is 0 Å². The first kappa shape index (κ1) is 24.0. The Balaban J connectivity index is 1.66. The van der Waals surface area contributed by atoms with E-state index in [1.165, 1.54) is 7.11 Å². The van der Waals surface area contributed by atoms with Crippen molar-refractivity contribution in [2.75, 3.05) is 7.11 Å². The first-order valence-corrected chi connectivity index (χ1v) is 10.8. The van der Waals surface area contributed by atoms with Crippen LogP contribution in [0.2, 0.25) is 0 Å². The van der Waals surface area contributed by atoms with E-state index in [1.54, 1.807) is 45.0 Å². The Hall–Kier alpha value is -3.67. The summed E-state index contributed by atoms with van der Waals surface area (Å²) in [6.07, 6.45) is 0.390. The second-order valence-electron chi connectivity index (χ2n) is 8.90. The molecule has 0 aliphatic rings. The van der Waals surface area contributed by atoms with E-state index < -0.39 is 23.6 Å². The van der Waals surface area contributed by atoms with Gasteiger partial charge in [-0.2, -0.15) is 0 Å². The lowest BCUT2D eigenvalue weighted by atomic mass is 10.0. The van der Waals surface area contributed by atoms with Crippen molar-refractivity contribution >= 4 is 28.6 Å². The van der Waals surface area contributed by atoms with Crippen LogP contribution in [0.3, 0.4) is 0 Å². The second-order valence-corrected chi connectivity index (χ2v) is 8.90. The van der Waals surface area contributed by atoms with Crippen molar-refractivity contribution in [3.8, 4) is 0 Å². The van der Waals surface area contributed by atoms with Crippen LogP contribution in [0.5, 0.6) is 0 Å². The van der Waals surface area contributed by atoms with Gasteiger partial charge in [0.1, 0.15) is 11.6 Å². The van der Waals surface area contributed by atoms with Gasteiger partial charge in [-0.1, -0.05) is 54.6 Å². The number of ether oxygens (including phenoxy) is 2. The summed E-state index contributed by atoms with van der Waals surface area (Å²) >= 11 is 0. The van der Waals surface area contributed by atoms with E-state index in [2.05, 4.69) is 5.32 Å². The maximum atomic E-state index is 12.7. The highest BCUT2D eigenvalue weighted by molar-refractivity contribution is 5.90. The molecule has 6 heteroatoms. The normalized spacial score (nSPS) is 12.1. The van der Waals surface area contributed by atoms with E-state index in [1.807, 2.05) is 42.5 Å². The van der Waals surface area contributed by atoms with Crippen LogP contribution in [0.4, 0.5) is 0 Å². The molecule has 0 unspecified atom stereocenters. The minimum Gasteiger partial charge on any atom is -0.467 e. The molecule has 0 aromatic heterocycles. The summed E-state index contributed by atoms with van der Waals surface area (Å²) in [5.41, 5.74) is 1.48. The fourth-order valence-corrected chi connectivity index (χ4v) is 3.46. The number of amides is 1. The van der Waals surface area contributed by atoms with Gasteiger partial charge < -0.3 is 14.8 Å². The van der Waals surface area contributed by atoms with Crippen molar-refractivity contribution in [3.05, 3.63) is 83.4 Å². The van der Waals surface area contributed by atoms with Crippen molar-refractivity contribution in [3.63, 3.8) is 0 Å². The summed E-state index contributed by atoms with van der Waals surface area (Å²) in [6.45, 7) is 5.42. The molecule has 0 heterocycles. The van der Waals surface area contributed by atoms with E-state index in [0.717, 1.165) is 21.9 Å². The molecular formula is C27H29NO5. The van der Waals surface area contributed by atoms with Gasteiger partial charge in [0, 0.05) is 6.42 Å². The van der Waals surface area contributed by atoms with Gasteiger partial charge in [0.2, 0.25) is 5.91 Å². The zero-order chi connectivity index (χ0) is 24.0. The third-order valence-corrected chi connectivity index (χ3v) is 5.03. The molecular weight excluding hydrogens is 418 g/mol. The van der Waals surface area contributed by atoms with Gasteiger partial charge in [0.25, 0.3) is 0 Å². The second kappa shape index (κ2) is 10.3. The van der Waals surface area contributed by atoms with E-state index in [-0.39, 0.29) is 18.7 Å². The zero-order valence-corrected chi connectivity index (χ0v) is 19.4. The largest absolute Gasteiger partial charge is 0.467 e. The quantitative estimate of drug-likeness (QED) is 0.548. The molecule has 3 rings (SSSR count). The van der Waals surface area contributed by atoms with E-state index >= 15 is 0 Å². The maximum Gasteiger partial charge on any atom is 0.338 e. The number of carbonyl (C=O) groups is 3. The topological polar surface area (TPSA) is 81.7 Å². The van der Waals surface area contributed by atoms with Gasteiger partial charge in [0.15, 0.2) is 0 Å².